The third-order valence-corrected chi connectivity index (χ3v) is 5.77. The summed E-state index contributed by atoms with van der Waals surface area (Å²) in [6.45, 7) is 5.04. The molecule has 0 spiro atoms. The van der Waals surface area contributed by atoms with Gasteiger partial charge in [-0.25, -0.2) is 13.1 Å². The fourth-order valence-electron chi connectivity index (χ4n) is 1.80. The molecule has 1 unspecified atom stereocenters. The molecule has 8 heteroatoms. The van der Waals surface area contributed by atoms with Crippen LogP contribution in [0.4, 0.5) is 5.69 Å². The number of hydrogen-bond acceptors (Lipinski definition) is 4. The third kappa shape index (κ3) is 5.00. The van der Waals surface area contributed by atoms with Crippen molar-refractivity contribution in [2.24, 2.45) is 0 Å². The minimum atomic E-state index is -3.76. The van der Waals surface area contributed by atoms with Gasteiger partial charge in [-0.15, -0.1) is 0 Å². The van der Waals surface area contributed by atoms with Gasteiger partial charge in [-0.05, 0) is 32.5 Å². The summed E-state index contributed by atoms with van der Waals surface area (Å²) in [6.07, 6.45) is 0.999. The number of hydrogen-bond donors (Lipinski definition) is 2. The minimum Gasteiger partial charge on any atom is -0.399 e. The zero-order valence-corrected chi connectivity index (χ0v) is 14.7. The molecular weight excluding hydrogens is 333 g/mol. The van der Waals surface area contributed by atoms with Gasteiger partial charge in [0.25, 0.3) is 0 Å². The Balaban J connectivity index is 2.80. The smallest absolute Gasteiger partial charge is 0.243 e. The third-order valence-electron chi connectivity index (χ3n) is 3.39. The minimum absolute atomic E-state index is 0.0165. The summed E-state index contributed by atoms with van der Waals surface area (Å²) in [6, 6.07) is 3.12. The van der Waals surface area contributed by atoms with Crippen LogP contribution in [0.5, 0.6) is 0 Å². The summed E-state index contributed by atoms with van der Waals surface area (Å²) in [5.41, 5.74) is 5.89. The van der Waals surface area contributed by atoms with Crippen LogP contribution in [-0.2, 0) is 10.0 Å². The Kier molecular flexibility index (Phi) is 6.74. The van der Waals surface area contributed by atoms with Crippen molar-refractivity contribution in [3.05, 3.63) is 22.2 Å². The maximum atomic E-state index is 12.3. The number of sulfonamides is 1. The van der Waals surface area contributed by atoms with Gasteiger partial charge in [0.2, 0.25) is 10.0 Å². The van der Waals surface area contributed by atoms with Crippen molar-refractivity contribution >= 4 is 38.9 Å². The van der Waals surface area contributed by atoms with Crippen LogP contribution in [0.1, 0.15) is 20.3 Å². The van der Waals surface area contributed by atoms with E-state index in [4.69, 9.17) is 28.9 Å². The predicted octanol–water partition coefficient (Wildman–Crippen LogP) is 2.58. The van der Waals surface area contributed by atoms with E-state index in [9.17, 15) is 8.42 Å². The van der Waals surface area contributed by atoms with Crippen LogP contribution < -0.4 is 10.5 Å². The molecule has 0 bridgehead atoms. The number of nitrogens with zero attached hydrogens (tertiary/aromatic N) is 1. The summed E-state index contributed by atoms with van der Waals surface area (Å²) >= 11 is 11.9. The van der Waals surface area contributed by atoms with Crippen LogP contribution >= 0.6 is 23.2 Å². The Bertz CT molecular complexity index is 570. The number of benzene rings is 1. The molecule has 1 aromatic rings. The number of rotatable bonds is 7. The lowest BCUT2D eigenvalue weighted by molar-refractivity contribution is 0.256. The summed E-state index contributed by atoms with van der Waals surface area (Å²) in [5, 5.41) is 0.0329. The van der Waals surface area contributed by atoms with Crippen LogP contribution in [0.15, 0.2) is 17.0 Å². The lowest BCUT2D eigenvalue weighted by Gasteiger charge is -2.23. The van der Waals surface area contributed by atoms with E-state index in [1.54, 1.807) is 0 Å². The first-order valence-corrected chi connectivity index (χ1v) is 8.87. The fourth-order valence-corrected chi connectivity index (χ4v) is 4.05. The maximum absolute atomic E-state index is 12.3. The van der Waals surface area contributed by atoms with Crippen LogP contribution in [0.25, 0.3) is 0 Å². The Morgan fingerprint density at radius 3 is 2.33 bits per heavy atom. The molecule has 0 aromatic heterocycles. The van der Waals surface area contributed by atoms with Gasteiger partial charge in [-0.3, -0.25) is 0 Å². The van der Waals surface area contributed by atoms with Gasteiger partial charge in [0.1, 0.15) is 4.90 Å². The Hall–Kier alpha value is -0.530. The summed E-state index contributed by atoms with van der Waals surface area (Å²) in [4.78, 5) is 1.94. The van der Waals surface area contributed by atoms with E-state index in [2.05, 4.69) is 23.5 Å². The normalized spacial score (nSPS) is 13.6. The average molecular weight is 354 g/mol. The van der Waals surface area contributed by atoms with Crippen LogP contribution in [0.3, 0.4) is 0 Å². The Labute approximate surface area is 136 Å². The topological polar surface area (TPSA) is 75.4 Å². The summed E-state index contributed by atoms with van der Waals surface area (Å²) < 4.78 is 27.0. The first kappa shape index (κ1) is 18.5. The second kappa shape index (κ2) is 7.65. The second-order valence-electron chi connectivity index (χ2n) is 4.95. The highest BCUT2D eigenvalue weighted by molar-refractivity contribution is 7.89. The van der Waals surface area contributed by atoms with Gasteiger partial charge in [-0.2, -0.15) is 0 Å². The van der Waals surface area contributed by atoms with Gasteiger partial charge in [-0.1, -0.05) is 30.1 Å². The van der Waals surface area contributed by atoms with E-state index >= 15 is 0 Å². The molecule has 1 atom stereocenters. The molecule has 1 rings (SSSR count). The molecule has 0 fully saturated rings. The quantitative estimate of drug-likeness (QED) is 0.738. The molecule has 0 saturated heterocycles. The monoisotopic (exact) mass is 353 g/mol. The molecule has 21 heavy (non-hydrogen) atoms. The van der Waals surface area contributed by atoms with E-state index in [0.29, 0.717) is 18.3 Å². The standard InChI is InChI=1S/C13H21Cl2N3O2S/c1-4-9(2)18(3)6-5-17-21(19,20)13-11(14)7-10(16)8-12(13)15/h7-9,17H,4-6,16H2,1-3H3. The molecule has 0 aliphatic rings. The number of anilines is 1. The first-order valence-electron chi connectivity index (χ1n) is 6.63. The SMILES string of the molecule is CCC(C)N(C)CCNS(=O)(=O)c1c(Cl)cc(N)cc1Cl. The largest absolute Gasteiger partial charge is 0.399 e. The van der Waals surface area contributed by atoms with Gasteiger partial charge < -0.3 is 10.6 Å². The molecule has 0 radical (unpaired) electrons. The number of nitrogens with one attached hydrogen (secondary N) is 1. The molecule has 5 nitrogen and oxygen atoms in total. The Morgan fingerprint density at radius 2 is 1.86 bits per heavy atom. The number of nitrogen functional groups attached to an aromatic ring is 1. The summed E-state index contributed by atoms with van der Waals surface area (Å²) in [7, 11) is -1.81. The zero-order chi connectivity index (χ0) is 16.2. The predicted molar refractivity (Wildman–Crippen MR) is 88.4 cm³/mol. The van der Waals surface area contributed by atoms with Crippen molar-refractivity contribution in [3.63, 3.8) is 0 Å². The van der Waals surface area contributed by atoms with Gasteiger partial charge in [0.15, 0.2) is 0 Å². The van der Waals surface area contributed by atoms with Crippen molar-refractivity contribution in [1.82, 2.24) is 9.62 Å². The van der Waals surface area contributed by atoms with Gasteiger partial charge in [0, 0.05) is 24.8 Å². The zero-order valence-electron chi connectivity index (χ0n) is 12.4. The van der Waals surface area contributed by atoms with Crippen molar-refractivity contribution in [2.75, 3.05) is 25.9 Å². The maximum Gasteiger partial charge on any atom is 0.243 e. The summed E-state index contributed by atoms with van der Waals surface area (Å²) in [5.74, 6) is 0. The van der Waals surface area contributed by atoms with Crippen molar-refractivity contribution in [1.29, 1.82) is 0 Å². The average Bonchev–Trinajstić information content (AvgIpc) is 2.35. The van der Waals surface area contributed by atoms with Crippen molar-refractivity contribution in [3.8, 4) is 0 Å². The lowest BCUT2D eigenvalue weighted by Crippen LogP contribution is -2.37. The number of nitrogens with two attached hydrogens (primary N) is 1. The molecule has 0 heterocycles. The van der Waals surface area contributed by atoms with E-state index < -0.39 is 10.0 Å². The van der Waals surface area contributed by atoms with E-state index in [1.165, 1.54) is 12.1 Å². The lowest BCUT2D eigenvalue weighted by atomic mass is 10.2. The van der Waals surface area contributed by atoms with Crippen molar-refractivity contribution in [2.45, 2.75) is 31.2 Å². The highest BCUT2D eigenvalue weighted by Crippen LogP contribution is 2.31. The van der Waals surface area contributed by atoms with Crippen molar-refractivity contribution < 1.29 is 8.42 Å². The van der Waals surface area contributed by atoms with E-state index in [-0.39, 0.29) is 21.5 Å². The van der Waals surface area contributed by atoms with Crippen LogP contribution in [-0.4, -0.2) is 39.5 Å². The highest BCUT2D eigenvalue weighted by atomic mass is 35.5. The highest BCUT2D eigenvalue weighted by Gasteiger charge is 2.22. The molecule has 120 valence electrons. The first-order chi connectivity index (χ1) is 9.69. The molecule has 0 aliphatic carbocycles. The molecule has 0 aliphatic heterocycles. The molecule has 1 aromatic carbocycles. The number of likely N-dealkylation sites (N-methyl/N-ethyl adjacent to an activating group) is 1. The van der Waals surface area contributed by atoms with Crippen LogP contribution in [0, 0.1) is 0 Å². The van der Waals surface area contributed by atoms with Gasteiger partial charge in [0.05, 0.1) is 10.0 Å². The van der Waals surface area contributed by atoms with E-state index in [0.717, 1.165) is 6.42 Å². The molecular formula is C13H21Cl2N3O2S. The molecule has 3 N–H and O–H groups in total. The van der Waals surface area contributed by atoms with Gasteiger partial charge >= 0.3 is 0 Å². The van der Waals surface area contributed by atoms with E-state index in [1.807, 2.05) is 7.05 Å². The van der Waals surface area contributed by atoms with Crippen LogP contribution in [0.2, 0.25) is 10.0 Å². The molecule has 0 amide bonds. The Morgan fingerprint density at radius 1 is 1.33 bits per heavy atom. The fraction of sp³-hybridized carbons (Fsp3) is 0.538. The number of halogens is 2. The molecule has 0 saturated carbocycles. The second-order valence-corrected chi connectivity index (χ2v) is 7.47.